The van der Waals surface area contributed by atoms with Gasteiger partial charge in [-0.3, -0.25) is 14.8 Å². The predicted molar refractivity (Wildman–Crippen MR) is 97.3 cm³/mol. The lowest BCUT2D eigenvalue weighted by molar-refractivity contribution is -0.234. The van der Waals surface area contributed by atoms with Gasteiger partial charge in [0.2, 0.25) is 0 Å². The molecule has 0 aliphatic carbocycles. The van der Waals surface area contributed by atoms with Crippen LogP contribution >= 0.6 is 0 Å². The van der Waals surface area contributed by atoms with E-state index in [-0.39, 0.29) is 35.4 Å². The van der Waals surface area contributed by atoms with Gasteiger partial charge >= 0.3 is 6.18 Å². The largest absolute Gasteiger partial charge is 0.416 e. The number of carbonyl (C=O) groups is 1. The minimum atomic E-state index is -4.73. The number of nitriles is 1. The highest BCUT2D eigenvalue weighted by atomic mass is 19.4. The summed E-state index contributed by atoms with van der Waals surface area (Å²) in [6.45, 7) is -1.74. The van der Waals surface area contributed by atoms with Crippen molar-refractivity contribution in [3.05, 3.63) is 30.1 Å². The second-order valence-corrected chi connectivity index (χ2v) is 6.64. The summed E-state index contributed by atoms with van der Waals surface area (Å²) in [5.74, 6) is -0.856. The van der Waals surface area contributed by atoms with Crippen molar-refractivity contribution >= 4 is 22.6 Å². The Bertz CT molecular complexity index is 965. The molecule has 3 rings (SSSR count). The van der Waals surface area contributed by atoms with Gasteiger partial charge in [-0.15, -0.1) is 0 Å². The van der Waals surface area contributed by atoms with Gasteiger partial charge in [0.25, 0.3) is 5.91 Å². The highest BCUT2D eigenvalue weighted by molar-refractivity contribution is 5.92. The fraction of sp³-hybridized carbons (Fsp3) is 0.444. The number of rotatable bonds is 5. The van der Waals surface area contributed by atoms with Crippen molar-refractivity contribution in [1.29, 1.82) is 5.26 Å². The lowest BCUT2D eigenvalue weighted by Crippen LogP contribution is -2.57. The van der Waals surface area contributed by atoms with Crippen LogP contribution in [0.3, 0.4) is 0 Å². The van der Waals surface area contributed by atoms with Gasteiger partial charge in [0.05, 0.1) is 37.1 Å². The monoisotopic (exact) mass is 425 g/mol. The standard InChI is InChI=1S/C18H18F3N5O4/c19-18(20,21)14-8-26(7-13(30-14)17(29)25-6-11(28)9-27)12-2-1-10(5-22)15-16(12)24-4-3-23-15/h1-4,11,13-14,27-28H,6-9H2,(H,25,29)/t11?,13-,14+/m0/s1. The normalized spacial score (nSPS) is 20.6. The molecule has 3 atom stereocenters. The van der Waals surface area contributed by atoms with Crippen molar-refractivity contribution in [2.24, 2.45) is 0 Å². The number of anilines is 1. The van der Waals surface area contributed by atoms with E-state index < -0.39 is 43.5 Å². The van der Waals surface area contributed by atoms with Crippen molar-refractivity contribution in [3.63, 3.8) is 0 Å². The van der Waals surface area contributed by atoms with Gasteiger partial charge in [0.1, 0.15) is 17.1 Å². The number of fused-ring (bicyclic) bond motifs is 1. The van der Waals surface area contributed by atoms with Gasteiger partial charge in [-0.2, -0.15) is 18.4 Å². The fourth-order valence-corrected chi connectivity index (χ4v) is 3.07. The fourth-order valence-electron chi connectivity index (χ4n) is 3.07. The molecule has 3 N–H and O–H groups in total. The van der Waals surface area contributed by atoms with Crippen LogP contribution in [0.15, 0.2) is 24.5 Å². The average Bonchev–Trinajstić information content (AvgIpc) is 2.75. The van der Waals surface area contributed by atoms with Crippen molar-refractivity contribution in [2.45, 2.75) is 24.5 Å². The average molecular weight is 425 g/mol. The molecular weight excluding hydrogens is 407 g/mol. The number of benzene rings is 1. The van der Waals surface area contributed by atoms with E-state index >= 15 is 0 Å². The number of amides is 1. The van der Waals surface area contributed by atoms with Crippen molar-refractivity contribution in [3.8, 4) is 6.07 Å². The molecule has 1 saturated heterocycles. The Morgan fingerprint density at radius 2 is 2.03 bits per heavy atom. The SMILES string of the molecule is N#Cc1ccc(N2C[C@@H](C(=O)NCC(O)CO)O[C@@H](C(F)(F)F)C2)c2nccnc12. The molecule has 1 aromatic carbocycles. The van der Waals surface area contributed by atoms with E-state index in [1.165, 1.54) is 29.4 Å². The number of nitrogens with one attached hydrogen (secondary N) is 1. The zero-order valence-electron chi connectivity index (χ0n) is 15.5. The minimum absolute atomic E-state index is 0.217. The first-order valence-electron chi connectivity index (χ1n) is 8.92. The molecule has 2 heterocycles. The summed E-state index contributed by atoms with van der Waals surface area (Å²) in [7, 11) is 0. The van der Waals surface area contributed by atoms with Crippen LogP contribution in [0.25, 0.3) is 11.0 Å². The first-order chi connectivity index (χ1) is 14.2. The molecule has 9 nitrogen and oxygen atoms in total. The molecule has 1 unspecified atom stereocenters. The van der Waals surface area contributed by atoms with Crippen molar-refractivity contribution < 1.29 is 32.9 Å². The third-order valence-electron chi connectivity index (χ3n) is 4.55. The van der Waals surface area contributed by atoms with Crippen LogP contribution < -0.4 is 10.2 Å². The summed E-state index contributed by atoms with van der Waals surface area (Å²) in [5, 5.41) is 29.7. The first-order valence-corrected chi connectivity index (χ1v) is 8.92. The maximum absolute atomic E-state index is 13.4. The molecule has 1 fully saturated rings. The Kier molecular flexibility index (Phi) is 6.35. The molecule has 1 aromatic heterocycles. The molecule has 2 aromatic rings. The number of halogens is 3. The minimum Gasteiger partial charge on any atom is -0.394 e. The molecule has 0 spiro atoms. The van der Waals surface area contributed by atoms with Crippen LogP contribution in [0.5, 0.6) is 0 Å². The molecule has 1 amide bonds. The Balaban J connectivity index is 1.93. The molecule has 0 bridgehead atoms. The second-order valence-electron chi connectivity index (χ2n) is 6.64. The number of nitrogens with zero attached hydrogens (tertiary/aromatic N) is 4. The van der Waals surface area contributed by atoms with Gasteiger partial charge in [-0.05, 0) is 12.1 Å². The van der Waals surface area contributed by atoms with E-state index in [0.29, 0.717) is 0 Å². The maximum atomic E-state index is 13.4. The van der Waals surface area contributed by atoms with Crippen LogP contribution in [-0.4, -0.2) is 76.8 Å². The molecule has 30 heavy (non-hydrogen) atoms. The molecule has 160 valence electrons. The lowest BCUT2D eigenvalue weighted by atomic mass is 10.1. The zero-order valence-corrected chi connectivity index (χ0v) is 15.5. The van der Waals surface area contributed by atoms with E-state index in [2.05, 4.69) is 15.3 Å². The van der Waals surface area contributed by atoms with E-state index in [0.717, 1.165) is 0 Å². The Morgan fingerprint density at radius 3 is 2.67 bits per heavy atom. The third kappa shape index (κ3) is 4.59. The molecule has 0 saturated carbocycles. The summed E-state index contributed by atoms with van der Waals surface area (Å²) in [6.07, 6.45) is -6.98. The van der Waals surface area contributed by atoms with Crippen LogP contribution in [0.1, 0.15) is 5.56 Å². The van der Waals surface area contributed by atoms with Gasteiger partial charge < -0.3 is 25.2 Å². The maximum Gasteiger partial charge on any atom is 0.416 e. The summed E-state index contributed by atoms with van der Waals surface area (Å²) in [6, 6.07) is 4.84. The summed E-state index contributed by atoms with van der Waals surface area (Å²) < 4.78 is 45.3. The summed E-state index contributed by atoms with van der Waals surface area (Å²) >= 11 is 0. The number of aliphatic hydroxyl groups excluding tert-OH is 2. The Hall–Kier alpha value is -3.01. The third-order valence-corrected chi connectivity index (χ3v) is 4.55. The number of ether oxygens (including phenoxy) is 1. The van der Waals surface area contributed by atoms with Gasteiger partial charge in [0.15, 0.2) is 12.2 Å². The smallest absolute Gasteiger partial charge is 0.394 e. The topological polar surface area (TPSA) is 132 Å². The Labute approximate surface area is 168 Å². The van der Waals surface area contributed by atoms with Gasteiger partial charge in [0, 0.05) is 18.9 Å². The van der Waals surface area contributed by atoms with Crippen LogP contribution in [0, 0.1) is 11.3 Å². The molecule has 0 radical (unpaired) electrons. The second kappa shape index (κ2) is 8.78. The van der Waals surface area contributed by atoms with Crippen molar-refractivity contribution in [1.82, 2.24) is 15.3 Å². The number of carbonyl (C=O) groups excluding carboxylic acids is 1. The first kappa shape index (κ1) is 21.7. The summed E-state index contributed by atoms with van der Waals surface area (Å²) in [5.41, 5.74) is 0.964. The van der Waals surface area contributed by atoms with Gasteiger partial charge in [-0.25, -0.2) is 0 Å². The van der Waals surface area contributed by atoms with Crippen LogP contribution in [0.4, 0.5) is 18.9 Å². The highest BCUT2D eigenvalue weighted by Crippen LogP contribution is 2.33. The van der Waals surface area contributed by atoms with E-state index in [9.17, 15) is 28.3 Å². The van der Waals surface area contributed by atoms with E-state index in [4.69, 9.17) is 9.84 Å². The Morgan fingerprint density at radius 1 is 1.33 bits per heavy atom. The molecule has 1 aliphatic rings. The molecular formula is C18H18F3N5O4. The predicted octanol–water partition coefficient (Wildman–Crippen LogP) is 0.107. The molecule has 12 heteroatoms. The highest BCUT2D eigenvalue weighted by Gasteiger charge is 2.47. The molecule has 1 aliphatic heterocycles. The van der Waals surface area contributed by atoms with E-state index in [1.54, 1.807) is 0 Å². The quantitative estimate of drug-likeness (QED) is 0.615. The number of aliphatic hydroxyl groups is 2. The number of aromatic nitrogens is 2. The number of alkyl halides is 3. The van der Waals surface area contributed by atoms with Gasteiger partial charge in [-0.1, -0.05) is 0 Å². The van der Waals surface area contributed by atoms with Crippen LogP contribution in [-0.2, 0) is 9.53 Å². The lowest BCUT2D eigenvalue weighted by Gasteiger charge is -2.39. The van der Waals surface area contributed by atoms with Crippen LogP contribution in [0.2, 0.25) is 0 Å². The van der Waals surface area contributed by atoms with Crippen molar-refractivity contribution in [2.75, 3.05) is 31.1 Å². The number of morpholine rings is 1. The summed E-state index contributed by atoms with van der Waals surface area (Å²) in [4.78, 5) is 21.9. The number of hydrogen-bond acceptors (Lipinski definition) is 8. The van der Waals surface area contributed by atoms with E-state index in [1.807, 2.05) is 6.07 Å². The number of hydrogen-bond donors (Lipinski definition) is 3. The zero-order chi connectivity index (χ0) is 21.9.